The van der Waals surface area contributed by atoms with Crippen LogP contribution >= 0.6 is 15.9 Å². The number of methoxy groups -OCH3 is 1. The average molecular weight is 331 g/mol. The first kappa shape index (κ1) is 14.4. The first-order valence-corrected chi connectivity index (χ1v) is 7.00. The highest BCUT2D eigenvalue weighted by atomic mass is 79.9. The lowest BCUT2D eigenvalue weighted by molar-refractivity contribution is 0.414. The lowest BCUT2D eigenvalue weighted by atomic mass is 10.1. The molecule has 3 nitrogen and oxygen atoms in total. The van der Waals surface area contributed by atoms with E-state index in [1.165, 1.54) is 0 Å². The molecule has 0 saturated carbocycles. The second kappa shape index (κ2) is 6.44. The molecule has 0 saturated heterocycles. The molecule has 0 unspecified atom stereocenters. The van der Waals surface area contributed by atoms with Gasteiger partial charge in [-0.05, 0) is 42.3 Å². The van der Waals surface area contributed by atoms with E-state index in [-0.39, 0.29) is 0 Å². The summed E-state index contributed by atoms with van der Waals surface area (Å²) in [7, 11) is 1.65. The van der Waals surface area contributed by atoms with Gasteiger partial charge < -0.3 is 10.1 Å². The second-order valence-corrected chi connectivity index (χ2v) is 5.31. The van der Waals surface area contributed by atoms with E-state index in [0.717, 1.165) is 27.0 Å². The van der Waals surface area contributed by atoms with Crippen molar-refractivity contribution in [3.63, 3.8) is 0 Å². The van der Waals surface area contributed by atoms with Crippen LogP contribution in [0.2, 0.25) is 0 Å². The molecule has 0 aliphatic heterocycles. The van der Waals surface area contributed by atoms with Crippen LogP contribution < -0.4 is 10.1 Å². The van der Waals surface area contributed by atoms with E-state index >= 15 is 0 Å². The molecule has 0 radical (unpaired) electrons. The fourth-order valence-electron chi connectivity index (χ4n) is 1.86. The van der Waals surface area contributed by atoms with Crippen molar-refractivity contribution in [1.29, 1.82) is 5.26 Å². The molecular formula is C16H15BrN2O. The zero-order chi connectivity index (χ0) is 14.5. The van der Waals surface area contributed by atoms with Gasteiger partial charge in [0.2, 0.25) is 0 Å². The molecule has 0 aromatic heterocycles. The Bertz CT molecular complexity index is 645. The van der Waals surface area contributed by atoms with Crippen LogP contribution in [-0.4, -0.2) is 7.11 Å². The zero-order valence-corrected chi connectivity index (χ0v) is 13.0. The molecule has 2 aromatic carbocycles. The molecule has 4 heteroatoms. The Balaban J connectivity index is 2.14. The number of nitrogens with zero attached hydrogens (tertiary/aromatic N) is 1. The summed E-state index contributed by atoms with van der Waals surface area (Å²) < 4.78 is 6.08. The molecule has 20 heavy (non-hydrogen) atoms. The lowest BCUT2D eigenvalue weighted by Crippen LogP contribution is -2.02. The highest BCUT2D eigenvalue weighted by molar-refractivity contribution is 9.10. The van der Waals surface area contributed by atoms with Crippen LogP contribution in [0.5, 0.6) is 5.75 Å². The van der Waals surface area contributed by atoms with E-state index < -0.39 is 0 Å². The number of nitrogens with one attached hydrogen (secondary N) is 1. The number of ether oxygens (including phenoxy) is 1. The fraction of sp³-hybridized carbons (Fsp3) is 0.188. The largest absolute Gasteiger partial charge is 0.497 e. The van der Waals surface area contributed by atoms with Crippen molar-refractivity contribution in [2.75, 3.05) is 12.4 Å². The molecule has 2 rings (SSSR count). The van der Waals surface area contributed by atoms with Crippen molar-refractivity contribution in [3.8, 4) is 11.8 Å². The Morgan fingerprint density at radius 1 is 1.25 bits per heavy atom. The number of hydrogen-bond acceptors (Lipinski definition) is 3. The maximum atomic E-state index is 9.17. The number of halogens is 1. The third-order valence-corrected chi connectivity index (χ3v) is 3.92. The van der Waals surface area contributed by atoms with Crippen LogP contribution in [0, 0.1) is 18.3 Å². The van der Waals surface area contributed by atoms with E-state index in [9.17, 15) is 5.26 Å². The maximum absolute atomic E-state index is 9.17. The third kappa shape index (κ3) is 3.31. The van der Waals surface area contributed by atoms with Crippen LogP contribution in [-0.2, 0) is 6.54 Å². The Labute approximate surface area is 127 Å². The molecule has 0 amide bonds. The van der Waals surface area contributed by atoms with Gasteiger partial charge in [0.15, 0.2) is 0 Å². The van der Waals surface area contributed by atoms with Gasteiger partial charge in [-0.1, -0.05) is 28.1 Å². The average Bonchev–Trinajstić information content (AvgIpc) is 2.48. The normalized spacial score (nSPS) is 9.90. The number of hydrogen-bond donors (Lipinski definition) is 1. The summed E-state index contributed by atoms with van der Waals surface area (Å²) in [6, 6.07) is 13.9. The molecular weight excluding hydrogens is 316 g/mol. The van der Waals surface area contributed by atoms with Gasteiger partial charge in [0.25, 0.3) is 0 Å². The number of nitriles is 1. The molecule has 1 N–H and O–H groups in total. The number of aryl methyl sites for hydroxylation is 1. The number of rotatable bonds is 4. The summed E-state index contributed by atoms with van der Waals surface area (Å²) in [5.74, 6) is 0.839. The third-order valence-electron chi connectivity index (χ3n) is 3.06. The minimum Gasteiger partial charge on any atom is -0.497 e. The molecule has 102 valence electrons. The standard InChI is InChI=1S/C16H15BrN2O/c1-11-7-16(13(9-18)8-15(11)17)19-10-12-3-5-14(20-2)6-4-12/h3-8,19H,10H2,1-2H3. The molecule has 0 fully saturated rings. The van der Waals surface area contributed by atoms with Gasteiger partial charge in [0.05, 0.1) is 18.4 Å². The van der Waals surface area contributed by atoms with Gasteiger partial charge in [0.1, 0.15) is 11.8 Å². The zero-order valence-electron chi connectivity index (χ0n) is 11.4. The van der Waals surface area contributed by atoms with Crippen molar-refractivity contribution in [2.24, 2.45) is 0 Å². The maximum Gasteiger partial charge on any atom is 0.118 e. The Hall–Kier alpha value is -1.99. The molecule has 0 bridgehead atoms. The van der Waals surface area contributed by atoms with Gasteiger partial charge in [-0.25, -0.2) is 0 Å². The minimum absolute atomic E-state index is 0.635. The minimum atomic E-state index is 0.635. The monoisotopic (exact) mass is 330 g/mol. The van der Waals surface area contributed by atoms with E-state index in [1.54, 1.807) is 7.11 Å². The van der Waals surface area contributed by atoms with Crippen molar-refractivity contribution in [3.05, 3.63) is 57.6 Å². The second-order valence-electron chi connectivity index (χ2n) is 4.46. The predicted octanol–water partition coefficient (Wildman–Crippen LogP) is 4.25. The van der Waals surface area contributed by atoms with Gasteiger partial charge in [-0.15, -0.1) is 0 Å². The van der Waals surface area contributed by atoms with Crippen LogP contribution in [0.25, 0.3) is 0 Å². The van der Waals surface area contributed by atoms with E-state index in [4.69, 9.17) is 4.74 Å². The fourth-order valence-corrected chi connectivity index (χ4v) is 2.20. The van der Waals surface area contributed by atoms with Crippen molar-refractivity contribution >= 4 is 21.6 Å². The first-order chi connectivity index (χ1) is 9.63. The summed E-state index contributed by atoms with van der Waals surface area (Å²) >= 11 is 3.44. The highest BCUT2D eigenvalue weighted by Gasteiger charge is 2.05. The SMILES string of the molecule is COc1ccc(CNc2cc(C)c(Br)cc2C#N)cc1. The lowest BCUT2D eigenvalue weighted by Gasteiger charge is -2.11. The van der Waals surface area contributed by atoms with Gasteiger partial charge in [0, 0.05) is 11.0 Å². The van der Waals surface area contributed by atoms with E-state index in [0.29, 0.717) is 12.1 Å². The molecule has 0 aliphatic rings. The van der Waals surface area contributed by atoms with Crippen molar-refractivity contribution in [2.45, 2.75) is 13.5 Å². The van der Waals surface area contributed by atoms with Crippen LogP contribution in [0.15, 0.2) is 40.9 Å². The van der Waals surface area contributed by atoms with Gasteiger partial charge in [-0.2, -0.15) is 5.26 Å². The predicted molar refractivity (Wildman–Crippen MR) is 83.9 cm³/mol. The number of anilines is 1. The highest BCUT2D eigenvalue weighted by Crippen LogP contribution is 2.25. The Morgan fingerprint density at radius 3 is 2.55 bits per heavy atom. The van der Waals surface area contributed by atoms with Gasteiger partial charge >= 0.3 is 0 Å². The topological polar surface area (TPSA) is 45.0 Å². The smallest absolute Gasteiger partial charge is 0.118 e. The molecule has 0 atom stereocenters. The quantitative estimate of drug-likeness (QED) is 0.911. The molecule has 0 spiro atoms. The summed E-state index contributed by atoms with van der Waals surface area (Å²) in [6.45, 7) is 2.67. The molecule has 0 heterocycles. The molecule has 0 aliphatic carbocycles. The summed E-state index contributed by atoms with van der Waals surface area (Å²) in [5, 5.41) is 12.5. The Morgan fingerprint density at radius 2 is 1.95 bits per heavy atom. The number of benzene rings is 2. The van der Waals surface area contributed by atoms with Crippen LogP contribution in [0.3, 0.4) is 0 Å². The summed E-state index contributed by atoms with van der Waals surface area (Å²) in [6.07, 6.45) is 0. The molecule has 2 aromatic rings. The Kier molecular flexibility index (Phi) is 4.65. The summed E-state index contributed by atoms with van der Waals surface area (Å²) in [4.78, 5) is 0. The van der Waals surface area contributed by atoms with E-state index in [2.05, 4.69) is 27.3 Å². The van der Waals surface area contributed by atoms with Crippen LogP contribution in [0.1, 0.15) is 16.7 Å². The van der Waals surface area contributed by atoms with Crippen molar-refractivity contribution < 1.29 is 4.74 Å². The first-order valence-electron chi connectivity index (χ1n) is 6.21. The van der Waals surface area contributed by atoms with Gasteiger partial charge in [-0.3, -0.25) is 0 Å². The van der Waals surface area contributed by atoms with Crippen LogP contribution in [0.4, 0.5) is 5.69 Å². The van der Waals surface area contributed by atoms with E-state index in [1.807, 2.05) is 43.3 Å². The summed E-state index contributed by atoms with van der Waals surface area (Å²) in [5.41, 5.74) is 3.72. The van der Waals surface area contributed by atoms with Crippen molar-refractivity contribution in [1.82, 2.24) is 0 Å².